The maximum Gasteiger partial charge on any atom is 0.127 e. The second kappa shape index (κ2) is 4.14. The van der Waals surface area contributed by atoms with E-state index in [1.165, 1.54) is 0 Å². The van der Waals surface area contributed by atoms with Gasteiger partial charge in [0.05, 0.1) is 12.7 Å². The van der Waals surface area contributed by atoms with Crippen LogP contribution in [-0.4, -0.2) is 19.3 Å². The van der Waals surface area contributed by atoms with Crippen LogP contribution in [0.4, 0.5) is 0 Å². The van der Waals surface area contributed by atoms with Crippen molar-refractivity contribution in [1.82, 2.24) is 5.32 Å². The number of hydrogen-bond acceptors (Lipinski definition) is 3. The van der Waals surface area contributed by atoms with E-state index in [9.17, 15) is 5.11 Å². The molecule has 0 heterocycles. The maximum absolute atomic E-state index is 9.60. The average Bonchev–Trinajstić information content (AvgIpc) is 2.16. The Morgan fingerprint density at radius 1 is 1.46 bits per heavy atom. The summed E-state index contributed by atoms with van der Waals surface area (Å²) in [6, 6.07) is 5.34. The van der Waals surface area contributed by atoms with E-state index in [2.05, 4.69) is 5.32 Å². The Bertz CT molecular complexity index is 286. The van der Waals surface area contributed by atoms with Crippen molar-refractivity contribution in [3.63, 3.8) is 0 Å². The third kappa shape index (κ3) is 1.92. The summed E-state index contributed by atoms with van der Waals surface area (Å²) in [4.78, 5) is 0. The zero-order valence-corrected chi connectivity index (χ0v) is 8.16. The summed E-state index contributed by atoms with van der Waals surface area (Å²) in [5.74, 6) is 0.975. The van der Waals surface area contributed by atoms with Gasteiger partial charge in [-0.15, -0.1) is 0 Å². The molecule has 0 aliphatic heterocycles. The number of phenolic OH excluding ortho intramolecular Hbond substituents is 1. The molecule has 1 aromatic carbocycles. The lowest BCUT2D eigenvalue weighted by atomic mass is 10.1. The van der Waals surface area contributed by atoms with Gasteiger partial charge in [0, 0.05) is 6.04 Å². The van der Waals surface area contributed by atoms with E-state index < -0.39 is 0 Å². The smallest absolute Gasteiger partial charge is 0.127 e. The van der Waals surface area contributed by atoms with E-state index in [4.69, 9.17) is 4.74 Å². The molecule has 0 aliphatic carbocycles. The number of phenols is 1. The lowest BCUT2D eigenvalue weighted by molar-refractivity contribution is 0.391. The van der Waals surface area contributed by atoms with Crippen LogP contribution in [0.5, 0.6) is 11.5 Å². The SMILES string of the molecule is CNC(C)c1c(O)cccc1OC. The standard InChI is InChI=1S/C10H15NO2/c1-7(11-2)10-8(12)5-4-6-9(10)13-3/h4-7,11-12H,1-3H3. The number of ether oxygens (including phenoxy) is 1. The third-order valence-electron chi connectivity index (χ3n) is 2.13. The Hall–Kier alpha value is -1.22. The largest absolute Gasteiger partial charge is 0.507 e. The lowest BCUT2D eigenvalue weighted by Gasteiger charge is -2.15. The Kier molecular flexibility index (Phi) is 3.14. The van der Waals surface area contributed by atoms with Crippen LogP contribution < -0.4 is 10.1 Å². The first kappa shape index (κ1) is 9.86. The number of benzene rings is 1. The molecule has 0 bridgehead atoms. The summed E-state index contributed by atoms with van der Waals surface area (Å²) in [7, 11) is 3.44. The molecule has 1 rings (SSSR count). The van der Waals surface area contributed by atoms with Gasteiger partial charge < -0.3 is 15.2 Å². The number of rotatable bonds is 3. The van der Waals surface area contributed by atoms with Crippen LogP contribution in [0.2, 0.25) is 0 Å². The molecule has 0 radical (unpaired) electrons. The first-order chi connectivity index (χ1) is 6.20. The van der Waals surface area contributed by atoms with Crippen LogP contribution in [0.25, 0.3) is 0 Å². The molecule has 1 aromatic rings. The van der Waals surface area contributed by atoms with E-state index >= 15 is 0 Å². The van der Waals surface area contributed by atoms with Crippen molar-refractivity contribution in [3.05, 3.63) is 23.8 Å². The van der Waals surface area contributed by atoms with Crippen LogP contribution in [0.15, 0.2) is 18.2 Å². The summed E-state index contributed by atoms with van der Waals surface area (Å²) in [6.07, 6.45) is 0. The highest BCUT2D eigenvalue weighted by atomic mass is 16.5. The van der Waals surface area contributed by atoms with Crippen molar-refractivity contribution in [1.29, 1.82) is 0 Å². The number of aromatic hydroxyl groups is 1. The monoisotopic (exact) mass is 181 g/mol. The normalized spacial score (nSPS) is 12.5. The van der Waals surface area contributed by atoms with Gasteiger partial charge in [0.2, 0.25) is 0 Å². The number of nitrogens with one attached hydrogen (secondary N) is 1. The van der Waals surface area contributed by atoms with Gasteiger partial charge >= 0.3 is 0 Å². The molecule has 0 fully saturated rings. The van der Waals surface area contributed by atoms with Gasteiger partial charge in [-0.05, 0) is 26.1 Å². The van der Waals surface area contributed by atoms with Gasteiger partial charge in [-0.2, -0.15) is 0 Å². The summed E-state index contributed by atoms with van der Waals surface area (Å²) in [5, 5.41) is 12.7. The molecule has 3 nitrogen and oxygen atoms in total. The van der Waals surface area contributed by atoms with Gasteiger partial charge in [-0.25, -0.2) is 0 Å². The summed E-state index contributed by atoms with van der Waals surface area (Å²) < 4.78 is 5.15. The highest BCUT2D eigenvalue weighted by Crippen LogP contribution is 2.32. The van der Waals surface area contributed by atoms with E-state index in [-0.39, 0.29) is 11.8 Å². The first-order valence-electron chi connectivity index (χ1n) is 4.23. The van der Waals surface area contributed by atoms with Gasteiger partial charge in [0.1, 0.15) is 11.5 Å². The fraction of sp³-hybridized carbons (Fsp3) is 0.400. The van der Waals surface area contributed by atoms with Gasteiger partial charge in [0.25, 0.3) is 0 Å². The molecule has 13 heavy (non-hydrogen) atoms. The van der Waals surface area contributed by atoms with Crippen molar-refractivity contribution in [3.8, 4) is 11.5 Å². The number of methoxy groups -OCH3 is 1. The zero-order valence-electron chi connectivity index (χ0n) is 8.16. The van der Waals surface area contributed by atoms with Crippen LogP contribution in [0.1, 0.15) is 18.5 Å². The summed E-state index contributed by atoms with van der Waals surface area (Å²) in [6.45, 7) is 1.97. The topological polar surface area (TPSA) is 41.5 Å². The zero-order chi connectivity index (χ0) is 9.84. The average molecular weight is 181 g/mol. The fourth-order valence-electron chi connectivity index (χ4n) is 1.29. The minimum Gasteiger partial charge on any atom is -0.507 e. The van der Waals surface area contributed by atoms with Crippen LogP contribution in [0.3, 0.4) is 0 Å². The molecule has 2 N–H and O–H groups in total. The van der Waals surface area contributed by atoms with Gasteiger partial charge in [-0.1, -0.05) is 6.07 Å². The van der Waals surface area contributed by atoms with Crippen molar-refractivity contribution < 1.29 is 9.84 Å². The molecular formula is C10H15NO2. The summed E-state index contributed by atoms with van der Waals surface area (Å²) in [5.41, 5.74) is 0.799. The molecule has 1 atom stereocenters. The third-order valence-corrected chi connectivity index (χ3v) is 2.13. The van der Waals surface area contributed by atoms with E-state index in [0.717, 1.165) is 5.56 Å². The maximum atomic E-state index is 9.60. The quantitative estimate of drug-likeness (QED) is 0.745. The molecule has 0 saturated heterocycles. The Morgan fingerprint density at radius 2 is 2.15 bits per heavy atom. The van der Waals surface area contributed by atoms with Gasteiger partial charge in [0.15, 0.2) is 0 Å². The van der Waals surface area contributed by atoms with Crippen LogP contribution in [0, 0.1) is 0 Å². The molecule has 0 spiro atoms. The van der Waals surface area contributed by atoms with Crippen molar-refractivity contribution in [2.45, 2.75) is 13.0 Å². The predicted molar refractivity (Wildman–Crippen MR) is 52.1 cm³/mol. The highest BCUT2D eigenvalue weighted by molar-refractivity contribution is 5.45. The molecule has 1 unspecified atom stereocenters. The number of hydrogen-bond donors (Lipinski definition) is 2. The Morgan fingerprint density at radius 3 is 2.69 bits per heavy atom. The molecule has 72 valence electrons. The molecule has 0 aromatic heterocycles. The minimum absolute atomic E-state index is 0.0798. The molecule has 0 amide bonds. The van der Waals surface area contributed by atoms with Crippen molar-refractivity contribution >= 4 is 0 Å². The Labute approximate surface area is 78.3 Å². The van der Waals surface area contributed by atoms with Crippen molar-refractivity contribution in [2.75, 3.05) is 14.2 Å². The Balaban J connectivity index is 3.14. The van der Waals surface area contributed by atoms with Crippen molar-refractivity contribution in [2.24, 2.45) is 0 Å². The second-order valence-corrected chi connectivity index (χ2v) is 2.90. The molecular weight excluding hydrogens is 166 g/mol. The minimum atomic E-state index is 0.0798. The predicted octanol–water partition coefficient (Wildman–Crippen LogP) is 1.68. The van der Waals surface area contributed by atoms with Crippen LogP contribution in [-0.2, 0) is 0 Å². The molecule has 0 aliphatic rings. The second-order valence-electron chi connectivity index (χ2n) is 2.90. The summed E-state index contributed by atoms with van der Waals surface area (Å²) >= 11 is 0. The molecule has 3 heteroatoms. The van der Waals surface area contributed by atoms with E-state index in [0.29, 0.717) is 5.75 Å². The lowest BCUT2D eigenvalue weighted by Crippen LogP contribution is -2.13. The van der Waals surface area contributed by atoms with Crippen LogP contribution >= 0.6 is 0 Å². The first-order valence-corrected chi connectivity index (χ1v) is 4.23. The molecule has 0 saturated carbocycles. The van der Waals surface area contributed by atoms with Gasteiger partial charge in [-0.3, -0.25) is 0 Å². The van der Waals surface area contributed by atoms with E-state index in [1.54, 1.807) is 19.2 Å². The highest BCUT2D eigenvalue weighted by Gasteiger charge is 2.13. The van der Waals surface area contributed by atoms with E-state index in [1.807, 2.05) is 20.0 Å². The fourth-order valence-corrected chi connectivity index (χ4v) is 1.29.